The van der Waals surface area contributed by atoms with Crippen LogP contribution in [0, 0.1) is 6.92 Å². The van der Waals surface area contributed by atoms with Crippen molar-refractivity contribution >= 4 is 17.3 Å². The fourth-order valence-corrected chi connectivity index (χ4v) is 2.36. The number of anilines is 2. The highest BCUT2D eigenvalue weighted by Crippen LogP contribution is 2.20. The second-order valence-electron chi connectivity index (χ2n) is 5.28. The SMILES string of the molecule is CCCCN(C(=O)c1cc(C)cc(N)c1)c1ccccc1. The fourth-order valence-electron chi connectivity index (χ4n) is 2.36. The molecular formula is C18H22N2O. The van der Waals surface area contributed by atoms with E-state index in [0.29, 0.717) is 17.8 Å². The van der Waals surface area contributed by atoms with Crippen LogP contribution >= 0.6 is 0 Å². The van der Waals surface area contributed by atoms with E-state index in [1.165, 1.54) is 0 Å². The molecule has 21 heavy (non-hydrogen) atoms. The minimum atomic E-state index is 0.00468. The number of amides is 1. The molecule has 2 N–H and O–H groups in total. The number of carbonyl (C=O) groups excluding carboxylic acids is 1. The number of unbranched alkanes of at least 4 members (excludes halogenated alkanes) is 1. The van der Waals surface area contributed by atoms with E-state index in [9.17, 15) is 4.79 Å². The summed E-state index contributed by atoms with van der Waals surface area (Å²) < 4.78 is 0. The first-order valence-electron chi connectivity index (χ1n) is 7.36. The Morgan fingerprint density at radius 3 is 2.48 bits per heavy atom. The summed E-state index contributed by atoms with van der Waals surface area (Å²) in [6, 6.07) is 15.3. The molecule has 0 saturated heterocycles. The van der Waals surface area contributed by atoms with E-state index in [0.717, 1.165) is 24.1 Å². The molecule has 110 valence electrons. The quantitative estimate of drug-likeness (QED) is 0.842. The average molecular weight is 282 g/mol. The van der Waals surface area contributed by atoms with Gasteiger partial charge in [-0.25, -0.2) is 0 Å². The average Bonchev–Trinajstić information content (AvgIpc) is 2.47. The van der Waals surface area contributed by atoms with Crippen molar-refractivity contribution in [1.82, 2.24) is 0 Å². The number of hydrogen-bond acceptors (Lipinski definition) is 2. The van der Waals surface area contributed by atoms with Gasteiger partial charge in [-0.3, -0.25) is 4.79 Å². The van der Waals surface area contributed by atoms with Gasteiger partial charge < -0.3 is 10.6 Å². The minimum Gasteiger partial charge on any atom is -0.399 e. The zero-order valence-electron chi connectivity index (χ0n) is 12.7. The zero-order chi connectivity index (χ0) is 15.2. The van der Waals surface area contributed by atoms with Gasteiger partial charge in [0.1, 0.15) is 0 Å². The summed E-state index contributed by atoms with van der Waals surface area (Å²) >= 11 is 0. The molecule has 0 aliphatic carbocycles. The normalized spacial score (nSPS) is 10.4. The van der Waals surface area contributed by atoms with Gasteiger partial charge in [0, 0.05) is 23.5 Å². The third kappa shape index (κ3) is 3.85. The van der Waals surface area contributed by atoms with Crippen LogP contribution in [0.3, 0.4) is 0 Å². The van der Waals surface area contributed by atoms with Crippen LogP contribution in [0.15, 0.2) is 48.5 Å². The largest absolute Gasteiger partial charge is 0.399 e. The van der Waals surface area contributed by atoms with Crippen molar-refractivity contribution in [2.75, 3.05) is 17.2 Å². The number of hydrogen-bond donors (Lipinski definition) is 1. The first-order chi connectivity index (χ1) is 10.1. The molecular weight excluding hydrogens is 260 g/mol. The van der Waals surface area contributed by atoms with E-state index in [-0.39, 0.29) is 5.91 Å². The van der Waals surface area contributed by atoms with E-state index in [4.69, 9.17) is 5.73 Å². The maximum atomic E-state index is 12.8. The lowest BCUT2D eigenvalue weighted by molar-refractivity contribution is 0.0986. The predicted octanol–water partition coefficient (Wildman–Crippen LogP) is 4.02. The monoisotopic (exact) mass is 282 g/mol. The molecule has 3 nitrogen and oxygen atoms in total. The Hall–Kier alpha value is -2.29. The van der Waals surface area contributed by atoms with E-state index in [2.05, 4.69) is 6.92 Å². The topological polar surface area (TPSA) is 46.3 Å². The lowest BCUT2D eigenvalue weighted by atomic mass is 10.1. The maximum Gasteiger partial charge on any atom is 0.258 e. The molecule has 3 heteroatoms. The summed E-state index contributed by atoms with van der Waals surface area (Å²) in [5.74, 6) is 0.00468. The summed E-state index contributed by atoms with van der Waals surface area (Å²) in [4.78, 5) is 14.7. The molecule has 0 aliphatic heterocycles. The Labute approximate surface area is 126 Å². The fraction of sp³-hybridized carbons (Fsp3) is 0.278. The number of nitrogens with zero attached hydrogens (tertiary/aromatic N) is 1. The second kappa shape index (κ2) is 6.93. The number of para-hydroxylation sites is 1. The lowest BCUT2D eigenvalue weighted by Crippen LogP contribution is -2.32. The Balaban J connectivity index is 2.33. The molecule has 0 radical (unpaired) electrons. The molecule has 2 aromatic rings. The van der Waals surface area contributed by atoms with Gasteiger partial charge in [-0.2, -0.15) is 0 Å². The molecule has 0 atom stereocenters. The molecule has 2 aromatic carbocycles. The van der Waals surface area contributed by atoms with Crippen molar-refractivity contribution in [2.24, 2.45) is 0 Å². The van der Waals surface area contributed by atoms with Gasteiger partial charge in [-0.05, 0) is 49.2 Å². The van der Waals surface area contributed by atoms with E-state index >= 15 is 0 Å². The van der Waals surface area contributed by atoms with Crippen LogP contribution in [0.4, 0.5) is 11.4 Å². The van der Waals surface area contributed by atoms with Crippen LogP contribution in [0.2, 0.25) is 0 Å². The van der Waals surface area contributed by atoms with Gasteiger partial charge in [0.25, 0.3) is 5.91 Å². The molecule has 0 heterocycles. The number of nitrogen functional groups attached to an aromatic ring is 1. The second-order valence-corrected chi connectivity index (χ2v) is 5.28. The summed E-state index contributed by atoms with van der Waals surface area (Å²) in [7, 11) is 0. The van der Waals surface area contributed by atoms with Crippen LogP contribution in [0.1, 0.15) is 35.7 Å². The standard InChI is InChI=1S/C18H22N2O/c1-3-4-10-20(17-8-6-5-7-9-17)18(21)15-11-14(2)12-16(19)13-15/h5-9,11-13H,3-4,10,19H2,1-2H3. The number of nitrogens with two attached hydrogens (primary N) is 1. The molecule has 2 rings (SSSR count). The van der Waals surface area contributed by atoms with Gasteiger partial charge in [0.15, 0.2) is 0 Å². The molecule has 0 bridgehead atoms. The van der Waals surface area contributed by atoms with Crippen molar-refractivity contribution in [1.29, 1.82) is 0 Å². The zero-order valence-corrected chi connectivity index (χ0v) is 12.7. The first kappa shape index (κ1) is 15.1. The highest BCUT2D eigenvalue weighted by molar-refractivity contribution is 6.06. The highest BCUT2D eigenvalue weighted by Gasteiger charge is 2.17. The predicted molar refractivity (Wildman–Crippen MR) is 88.6 cm³/mol. The number of carbonyl (C=O) groups is 1. The minimum absolute atomic E-state index is 0.00468. The van der Waals surface area contributed by atoms with Gasteiger partial charge >= 0.3 is 0 Å². The Morgan fingerprint density at radius 1 is 1.14 bits per heavy atom. The molecule has 0 aromatic heterocycles. The number of aryl methyl sites for hydroxylation is 1. The van der Waals surface area contributed by atoms with Crippen LogP contribution in [-0.4, -0.2) is 12.5 Å². The maximum absolute atomic E-state index is 12.8. The van der Waals surface area contributed by atoms with Crippen LogP contribution in [-0.2, 0) is 0 Å². The first-order valence-corrected chi connectivity index (χ1v) is 7.36. The lowest BCUT2D eigenvalue weighted by Gasteiger charge is -2.23. The van der Waals surface area contributed by atoms with Crippen molar-refractivity contribution in [2.45, 2.75) is 26.7 Å². The van der Waals surface area contributed by atoms with E-state index in [1.807, 2.05) is 54.3 Å². The molecule has 0 spiro atoms. The van der Waals surface area contributed by atoms with Crippen molar-refractivity contribution < 1.29 is 4.79 Å². The summed E-state index contributed by atoms with van der Waals surface area (Å²) in [5.41, 5.74) is 9.07. The molecule has 0 saturated carbocycles. The molecule has 0 fully saturated rings. The van der Waals surface area contributed by atoms with Gasteiger partial charge in [-0.15, -0.1) is 0 Å². The summed E-state index contributed by atoms with van der Waals surface area (Å²) in [6.45, 7) is 4.79. The third-order valence-electron chi connectivity index (χ3n) is 3.39. The molecule has 0 unspecified atom stereocenters. The Morgan fingerprint density at radius 2 is 1.86 bits per heavy atom. The van der Waals surface area contributed by atoms with Crippen molar-refractivity contribution in [3.05, 3.63) is 59.7 Å². The smallest absolute Gasteiger partial charge is 0.258 e. The van der Waals surface area contributed by atoms with Gasteiger partial charge in [0.2, 0.25) is 0 Å². The van der Waals surface area contributed by atoms with E-state index < -0.39 is 0 Å². The van der Waals surface area contributed by atoms with Crippen molar-refractivity contribution in [3.8, 4) is 0 Å². The van der Waals surface area contributed by atoms with Crippen molar-refractivity contribution in [3.63, 3.8) is 0 Å². The van der Waals surface area contributed by atoms with Gasteiger partial charge in [0.05, 0.1) is 0 Å². The third-order valence-corrected chi connectivity index (χ3v) is 3.39. The summed E-state index contributed by atoms with van der Waals surface area (Å²) in [6.07, 6.45) is 2.02. The Kier molecular flexibility index (Phi) is 4.99. The number of benzene rings is 2. The van der Waals surface area contributed by atoms with E-state index in [1.54, 1.807) is 6.07 Å². The molecule has 0 aliphatic rings. The number of rotatable bonds is 5. The van der Waals surface area contributed by atoms with Crippen LogP contribution in [0.25, 0.3) is 0 Å². The Bertz CT molecular complexity index is 588. The van der Waals surface area contributed by atoms with Gasteiger partial charge in [-0.1, -0.05) is 31.5 Å². The summed E-state index contributed by atoms with van der Waals surface area (Å²) in [5, 5.41) is 0. The van der Waals surface area contributed by atoms with Crippen LogP contribution in [0.5, 0.6) is 0 Å². The highest BCUT2D eigenvalue weighted by atomic mass is 16.2. The molecule has 1 amide bonds. The van der Waals surface area contributed by atoms with Crippen LogP contribution < -0.4 is 10.6 Å².